The van der Waals surface area contributed by atoms with Gasteiger partial charge in [-0.25, -0.2) is 9.78 Å². The van der Waals surface area contributed by atoms with E-state index in [1.54, 1.807) is 36.7 Å². The molecule has 0 unspecified atom stereocenters. The van der Waals surface area contributed by atoms with Gasteiger partial charge < -0.3 is 9.84 Å². The van der Waals surface area contributed by atoms with Gasteiger partial charge in [0.05, 0.1) is 11.8 Å². The van der Waals surface area contributed by atoms with E-state index in [1.807, 2.05) is 24.3 Å². The van der Waals surface area contributed by atoms with E-state index in [9.17, 15) is 4.79 Å². The topological polar surface area (TPSA) is 72.3 Å². The Morgan fingerprint density at radius 3 is 2.50 bits per heavy atom. The van der Waals surface area contributed by atoms with Crippen molar-refractivity contribution in [3.8, 4) is 22.8 Å². The van der Waals surface area contributed by atoms with Gasteiger partial charge in [-0.1, -0.05) is 24.3 Å². The fourth-order valence-electron chi connectivity index (χ4n) is 2.03. The first-order chi connectivity index (χ1) is 10.7. The van der Waals surface area contributed by atoms with E-state index in [2.05, 4.69) is 9.97 Å². The van der Waals surface area contributed by atoms with Crippen LogP contribution < -0.4 is 4.74 Å². The van der Waals surface area contributed by atoms with Gasteiger partial charge in [-0.05, 0) is 35.4 Å². The van der Waals surface area contributed by atoms with Crippen molar-refractivity contribution in [1.29, 1.82) is 0 Å². The second-order valence-corrected chi connectivity index (χ2v) is 4.56. The van der Waals surface area contributed by atoms with Crippen molar-refractivity contribution in [1.82, 2.24) is 9.97 Å². The van der Waals surface area contributed by atoms with Gasteiger partial charge in [-0.2, -0.15) is 0 Å². The molecule has 22 heavy (non-hydrogen) atoms. The molecule has 0 radical (unpaired) electrons. The molecular formula is C17H12N2O3. The van der Waals surface area contributed by atoms with E-state index >= 15 is 0 Å². The van der Waals surface area contributed by atoms with Crippen molar-refractivity contribution in [2.75, 3.05) is 0 Å². The normalized spacial score (nSPS) is 10.2. The molecule has 2 aromatic carbocycles. The molecule has 0 amide bonds. The van der Waals surface area contributed by atoms with Gasteiger partial charge in [-0.15, -0.1) is 0 Å². The number of aromatic carboxylic acids is 1. The smallest absolute Gasteiger partial charge is 0.335 e. The predicted octanol–water partition coefficient (Wildman–Crippen LogP) is 3.63. The number of hydrogen-bond acceptors (Lipinski definition) is 4. The van der Waals surface area contributed by atoms with Crippen molar-refractivity contribution in [2.45, 2.75) is 0 Å². The standard InChI is InChI=1S/C17H12N2O3/c20-17(21)14-5-1-3-12(9-14)13-4-2-6-15(10-13)22-16-11-18-7-8-19-16/h1-11H,(H,20,21). The van der Waals surface area contributed by atoms with Crippen LogP contribution in [0.15, 0.2) is 67.1 Å². The quantitative estimate of drug-likeness (QED) is 0.795. The Bertz CT molecular complexity index is 804. The van der Waals surface area contributed by atoms with Crippen molar-refractivity contribution in [3.05, 3.63) is 72.7 Å². The zero-order valence-corrected chi connectivity index (χ0v) is 11.5. The molecule has 1 heterocycles. The van der Waals surface area contributed by atoms with Crippen LogP contribution in [0.3, 0.4) is 0 Å². The molecule has 3 rings (SSSR count). The minimum Gasteiger partial charge on any atom is -0.478 e. The van der Waals surface area contributed by atoms with Crippen molar-refractivity contribution in [3.63, 3.8) is 0 Å². The summed E-state index contributed by atoms with van der Waals surface area (Å²) in [5, 5.41) is 9.07. The number of rotatable bonds is 4. The molecule has 0 spiro atoms. The highest BCUT2D eigenvalue weighted by atomic mass is 16.5. The highest BCUT2D eigenvalue weighted by Gasteiger charge is 2.06. The Hall–Kier alpha value is -3.21. The first kappa shape index (κ1) is 13.8. The maximum Gasteiger partial charge on any atom is 0.335 e. The van der Waals surface area contributed by atoms with Crippen LogP contribution in [0.2, 0.25) is 0 Å². The number of carboxylic acid groups (broad SMARTS) is 1. The number of aromatic nitrogens is 2. The van der Waals surface area contributed by atoms with Gasteiger partial charge in [0, 0.05) is 12.4 Å². The number of nitrogens with zero attached hydrogens (tertiary/aromatic N) is 2. The number of ether oxygens (including phenoxy) is 1. The predicted molar refractivity (Wildman–Crippen MR) is 80.9 cm³/mol. The number of benzene rings is 2. The summed E-state index contributed by atoms with van der Waals surface area (Å²) in [7, 11) is 0. The van der Waals surface area contributed by atoms with Crippen LogP contribution in [0.4, 0.5) is 0 Å². The number of hydrogen-bond donors (Lipinski definition) is 1. The van der Waals surface area contributed by atoms with E-state index < -0.39 is 5.97 Å². The van der Waals surface area contributed by atoms with Crippen molar-refractivity contribution >= 4 is 5.97 Å². The van der Waals surface area contributed by atoms with Crippen LogP contribution in [0.5, 0.6) is 11.6 Å². The van der Waals surface area contributed by atoms with Gasteiger partial charge in [0.1, 0.15) is 5.75 Å². The second kappa shape index (κ2) is 6.05. The summed E-state index contributed by atoms with van der Waals surface area (Å²) >= 11 is 0. The summed E-state index contributed by atoms with van der Waals surface area (Å²) in [6, 6.07) is 14.1. The first-order valence-corrected chi connectivity index (χ1v) is 6.60. The molecule has 5 nitrogen and oxygen atoms in total. The Kier molecular flexibility index (Phi) is 3.78. The lowest BCUT2D eigenvalue weighted by atomic mass is 10.0. The summed E-state index contributed by atoms with van der Waals surface area (Å²) < 4.78 is 5.63. The zero-order chi connectivity index (χ0) is 15.4. The molecule has 0 aliphatic heterocycles. The van der Waals surface area contributed by atoms with Gasteiger partial charge in [0.2, 0.25) is 5.88 Å². The fourth-order valence-corrected chi connectivity index (χ4v) is 2.03. The monoisotopic (exact) mass is 292 g/mol. The largest absolute Gasteiger partial charge is 0.478 e. The Labute approximate surface area is 126 Å². The van der Waals surface area contributed by atoms with Gasteiger partial charge >= 0.3 is 5.97 Å². The second-order valence-electron chi connectivity index (χ2n) is 4.56. The average Bonchev–Trinajstić information content (AvgIpc) is 2.56. The third-order valence-corrected chi connectivity index (χ3v) is 3.04. The third-order valence-electron chi connectivity index (χ3n) is 3.04. The van der Waals surface area contributed by atoms with Crippen LogP contribution in [-0.2, 0) is 0 Å². The van der Waals surface area contributed by atoms with Crippen LogP contribution in [0.1, 0.15) is 10.4 Å². The summed E-state index contributed by atoms with van der Waals surface area (Å²) in [6.45, 7) is 0. The summed E-state index contributed by atoms with van der Waals surface area (Å²) in [5.41, 5.74) is 1.92. The Morgan fingerprint density at radius 2 is 1.77 bits per heavy atom. The molecule has 0 fully saturated rings. The van der Waals surface area contributed by atoms with Gasteiger partial charge in [0.15, 0.2) is 0 Å². The summed E-state index contributed by atoms with van der Waals surface area (Å²) in [6.07, 6.45) is 4.65. The molecule has 0 bridgehead atoms. The summed E-state index contributed by atoms with van der Waals surface area (Å²) in [4.78, 5) is 19.0. The average molecular weight is 292 g/mol. The van der Waals surface area contributed by atoms with E-state index in [1.165, 1.54) is 6.20 Å². The van der Waals surface area contributed by atoms with E-state index in [4.69, 9.17) is 9.84 Å². The number of carbonyl (C=O) groups is 1. The minimum absolute atomic E-state index is 0.248. The number of carboxylic acids is 1. The van der Waals surface area contributed by atoms with E-state index in [0.717, 1.165) is 11.1 Å². The van der Waals surface area contributed by atoms with Crippen LogP contribution >= 0.6 is 0 Å². The lowest BCUT2D eigenvalue weighted by Crippen LogP contribution is -1.95. The molecule has 0 aliphatic rings. The van der Waals surface area contributed by atoms with E-state index in [-0.39, 0.29) is 5.56 Å². The molecule has 3 aromatic rings. The Balaban J connectivity index is 1.91. The van der Waals surface area contributed by atoms with Gasteiger partial charge in [0.25, 0.3) is 0 Å². The van der Waals surface area contributed by atoms with Gasteiger partial charge in [-0.3, -0.25) is 4.98 Å². The molecule has 1 aromatic heterocycles. The van der Waals surface area contributed by atoms with Crippen LogP contribution in [0, 0.1) is 0 Å². The van der Waals surface area contributed by atoms with Crippen molar-refractivity contribution < 1.29 is 14.6 Å². The molecule has 1 N–H and O–H groups in total. The Morgan fingerprint density at radius 1 is 1.00 bits per heavy atom. The minimum atomic E-state index is -0.950. The first-order valence-electron chi connectivity index (χ1n) is 6.60. The fraction of sp³-hybridized carbons (Fsp3) is 0. The summed E-state index contributed by atoms with van der Waals surface area (Å²) in [5.74, 6) is 0.0616. The molecule has 0 atom stereocenters. The van der Waals surface area contributed by atoms with Crippen LogP contribution in [0.25, 0.3) is 11.1 Å². The zero-order valence-electron chi connectivity index (χ0n) is 11.5. The lowest BCUT2D eigenvalue weighted by Gasteiger charge is -2.07. The molecule has 0 aliphatic carbocycles. The maximum absolute atomic E-state index is 11.1. The highest BCUT2D eigenvalue weighted by molar-refractivity contribution is 5.89. The molecule has 0 saturated carbocycles. The maximum atomic E-state index is 11.1. The van der Waals surface area contributed by atoms with Crippen molar-refractivity contribution in [2.24, 2.45) is 0 Å². The van der Waals surface area contributed by atoms with Crippen LogP contribution in [-0.4, -0.2) is 21.0 Å². The molecule has 5 heteroatoms. The molecule has 0 saturated heterocycles. The SMILES string of the molecule is O=C(O)c1cccc(-c2cccc(Oc3cnccn3)c2)c1. The lowest BCUT2D eigenvalue weighted by molar-refractivity contribution is 0.0697. The highest BCUT2D eigenvalue weighted by Crippen LogP contribution is 2.26. The van der Waals surface area contributed by atoms with E-state index in [0.29, 0.717) is 11.6 Å². The third kappa shape index (κ3) is 3.09. The molecule has 108 valence electrons. The molecular weight excluding hydrogens is 280 g/mol.